The molecule has 1 aromatic carbocycles. The van der Waals surface area contributed by atoms with Crippen molar-refractivity contribution in [2.24, 2.45) is 5.92 Å². The largest absolute Gasteiger partial charge is 0.397 e. The third kappa shape index (κ3) is 1.38. The minimum atomic E-state index is 0.0896. The van der Waals surface area contributed by atoms with Gasteiger partial charge in [-0.25, -0.2) is 4.98 Å². The first kappa shape index (κ1) is 9.66. The van der Waals surface area contributed by atoms with Crippen molar-refractivity contribution in [2.45, 2.75) is 19.4 Å². The lowest BCUT2D eigenvalue weighted by Gasteiger charge is -2.10. The molecule has 1 saturated heterocycles. The summed E-state index contributed by atoms with van der Waals surface area (Å²) in [6.45, 7) is 3.01. The van der Waals surface area contributed by atoms with Crippen LogP contribution in [-0.2, 0) is 4.74 Å². The summed E-state index contributed by atoms with van der Waals surface area (Å²) in [4.78, 5) is 7.83. The highest BCUT2D eigenvalue weighted by Gasteiger charge is 2.28. The van der Waals surface area contributed by atoms with Crippen LogP contribution in [0.5, 0.6) is 0 Å². The maximum absolute atomic E-state index is 5.88. The maximum Gasteiger partial charge on any atom is 0.136 e. The first-order valence-electron chi connectivity index (χ1n) is 5.61. The first-order chi connectivity index (χ1) is 7.75. The molecule has 16 heavy (non-hydrogen) atoms. The molecule has 1 aliphatic rings. The number of fused-ring (bicyclic) bond motifs is 1. The highest BCUT2D eigenvalue weighted by Crippen LogP contribution is 2.33. The van der Waals surface area contributed by atoms with E-state index in [4.69, 9.17) is 10.5 Å². The smallest absolute Gasteiger partial charge is 0.136 e. The van der Waals surface area contributed by atoms with Crippen molar-refractivity contribution in [2.75, 3.05) is 12.3 Å². The topological polar surface area (TPSA) is 63.9 Å². The SMILES string of the molecule is CC1CCOC1c1nc2c(N)cccc2[nH]1. The van der Waals surface area contributed by atoms with Crippen LogP contribution in [0.1, 0.15) is 25.3 Å². The number of rotatable bonds is 1. The Balaban J connectivity index is 2.08. The lowest BCUT2D eigenvalue weighted by atomic mass is 10.0. The number of hydrogen-bond donors (Lipinski definition) is 2. The third-order valence-electron chi connectivity index (χ3n) is 3.22. The van der Waals surface area contributed by atoms with Crippen LogP contribution in [0.25, 0.3) is 11.0 Å². The van der Waals surface area contributed by atoms with E-state index in [1.54, 1.807) is 0 Å². The Morgan fingerprint density at radius 2 is 2.38 bits per heavy atom. The van der Waals surface area contributed by atoms with Crippen molar-refractivity contribution < 1.29 is 4.74 Å². The first-order valence-corrected chi connectivity index (χ1v) is 5.61. The monoisotopic (exact) mass is 217 g/mol. The van der Waals surface area contributed by atoms with Gasteiger partial charge in [0, 0.05) is 6.61 Å². The van der Waals surface area contributed by atoms with Crippen molar-refractivity contribution in [1.82, 2.24) is 9.97 Å². The number of imidazole rings is 1. The molecule has 2 aromatic rings. The lowest BCUT2D eigenvalue weighted by Crippen LogP contribution is -2.05. The van der Waals surface area contributed by atoms with Gasteiger partial charge in [-0.1, -0.05) is 13.0 Å². The average molecular weight is 217 g/mol. The molecule has 2 unspecified atom stereocenters. The van der Waals surface area contributed by atoms with Crippen LogP contribution in [0.3, 0.4) is 0 Å². The molecule has 3 N–H and O–H groups in total. The van der Waals surface area contributed by atoms with E-state index in [1.165, 1.54) is 0 Å². The number of anilines is 1. The second-order valence-electron chi connectivity index (χ2n) is 4.42. The van der Waals surface area contributed by atoms with Gasteiger partial charge in [0.05, 0.1) is 11.2 Å². The van der Waals surface area contributed by atoms with Gasteiger partial charge in [-0.15, -0.1) is 0 Å². The normalized spacial score (nSPS) is 25.3. The molecule has 0 radical (unpaired) electrons. The molecule has 1 aliphatic heterocycles. The molecule has 1 aromatic heterocycles. The summed E-state index contributed by atoms with van der Waals surface area (Å²) in [5.74, 6) is 1.42. The zero-order chi connectivity index (χ0) is 11.1. The number of nitrogens with zero attached hydrogens (tertiary/aromatic N) is 1. The van der Waals surface area contributed by atoms with Gasteiger partial charge >= 0.3 is 0 Å². The molecule has 0 amide bonds. The number of nitrogen functional groups attached to an aromatic ring is 1. The van der Waals surface area contributed by atoms with Crippen LogP contribution in [-0.4, -0.2) is 16.6 Å². The van der Waals surface area contributed by atoms with E-state index in [0.29, 0.717) is 11.6 Å². The molecule has 84 valence electrons. The predicted molar refractivity (Wildman–Crippen MR) is 63.0 cm³/mol. The summed E-state index contributed by atoms with van der Waals surface area (Å²) in [5.41, 5.74) is 8.42. The van der Waals surface area contributed by atoms with E-state index >= 15 is 0 Å². The Morgan fingerprint density at radius 3 is 3.06 bits per heavy atom. The van der Waals surface area contributed by atoms with Crippen LogP contribution >= 0.6 is 0 Å². The Hall–Kier alpha value is -1.55. The van der Waals surface area contributed by atoms with Crippen molar-refractivity contribution in [3.05, 3.63) is 24.0 Å². The van der Waals surface area contributed by atoms with Gasteiger partial charge < -0.3 is 15.5 Å². The zero-order valence-corrected chi connectivity index (χ0v) is 9.23. The molecule has 3 rings (SSSR count). The van der Waals surface area contributed by atoms with E-state index in [-0.39, 0.29) is 6.10 Å². The van der Waals surface area contributed by atoms with Gasteiger partial charge in [0.15, 0.2) is 0 Å². The summed E-state index contributed by atoms with van der Waals surface area (Å²) in [5, 5.41) is 0. The summed E-state index contributed by atoms with van der Waals surface area (Å²) >= 11 is 0. The Labute approximate surface area is 93.8 Å². The molecule has 0 aliphatic carbocycles. The lowest BCUT2D eigenvalue weighted by molar-refractivity contribution is 0.0883. The van der Waals surface area contributed by atoms with E-state index in [1.807, 2.05) is 18.2 Å². The molecular formula is C12H15N3O. The molecule has 4 heteroatoms. The number of H-pyrrole nitrogens is 1. The van der Waals surface area contributed by atoms with Crippen molar-refractivity contribution in [3.8, 4) is 0 Å². The molecule has 1 fully saturated rings. The number of aromatic amines is 1. The fourth-order valence-electron chi connectivity index (χ4n) is 2.25. The van der Waals surface area contributed by atoms with Crippen LogP contribution in [0.4, 0.5) is 5.69 Å². The van der Waals surface area contributed by atoms with Gasteiger partial charge in [-0.05, 0) is 24.5 Å². The molecule has 0 spiro atoms. The van der Waals surface area contributed by atoms with Gasteiger partial charge in [0.1, 0.15) is 17.4 Å². The number of hydrogen-bond acceptors (Lipinski definition) is 3. The van der Waals surface area contributed by atoms with Crippen LogP contribution in [0, 0.1) is 5.92 Å². The van der Waals surface area contributed by atoms with E-state index in [9.17, 15) is 0 Å². The van der Waals surface area contributed by atoms with Crippen molar-refractivity contribution in [1.29, 1.82) is 0 Å². The number of para-hydroxylation sites is 1. The van der Waals surface area contributed by atoms with Crippen LogP contribution in [0.2, 0.25) is 0 Å². The van der Waals surface area contributed by atoms with Crippen molar-refractivity contribution >= 4 is 16.7 Å². The number of benzene rings is 1. The van der Waals surface area contributed by atoms with Gasteiger partial charge in [0.2, 0.25) is 0 Å². The van der Waals surface area contributed by atoms with Crippen LogP contribution < -0.4 is 5.73 Å². The maximum atomic E-state index is 5.88. The van der Waals surface area contributed by atoms with E-state index in [2.05, 4.69) is 16.9 Å². The van der Waals surface area contributed by atoms with E-state index in [0.717, 1.165) is 29.9 Å². The highest BCUT2D eigenvalue weighted by molar-refractivity contribution is 5.86. The third-order valence-corrected chi connectivity index (χ3v) is 3.22. The minimum Gasteiger partial charge on any atom is -0.397 e. The quantitative estimate of drug-likeness (QED) is 0.720. The standard InChI is InChI=1S/C12H15N3O/c1-7-5-6-16-11(7)12-14-9-4-2-3-8(13)10(9)15-12/h2-4,7,11H,5-6,13H2,1H3,(H,14,15). The Morgan fingerprint density at radius 1 is 1.50 bits per heavy atom. The summed E-state index contributed by atoms with van der Waals surface area (Å²) in [6.07, 6.45) is 1.18. The number of aromatic nitrogens is 2. The highest BCUT2D eigenvalue weighted by atomic mass is 16.5. The molecule has 0 saturated carbocycles. The second kappa shape index (κ2) is 3.49. The van der Waals surface area contributed by atoms with E-state index < -0.39 is 0 Å². The molecular weight excluding hydrogens is 202 g/mol. The second-order valence-corrected chi connectivity index (χ2v) is 4.42. The van der Waals surface area contributed by atoms with Gasteiger partial charge in [-0.2, -0.15) is 0 Å². The minimum absolute atomic E-state index is 0.0896. The number of ether oxygens (including phenoxy) is 1. The fraction of sp³-hybridized carbons (Fsp3) is 0.417. The van der Waals surface area contributed by atoms with Gasteiger partial charge in [0.25, 0.3) is 0 Å². The van der Waals surface area contributed by atoms with Gasteiger partial charge in [-0.3, -0.25) is 0 Å². The van der Waals surface area contributed by atoms with Crippen molar-refractivity contribution in [3.63, 3.8) is 0 Å². The number of nitrogens with two attached hydrogens (primary N) is 1. The summed E-state index contributed by atoms with van der Waals surface area (Å²) < 4.78 is 5.69. The van der Waals surface area contributed by atoms with Crippen LogP contribution in [0.15, 0.2) is 18.2 Å². The Kier molecular flexibility index (Phi) is 2.11. The molecule has 4 nitrogen and oxygen atoms in total. The predicted octanol–water partition coefficient (Wildman–Crippen LogP) is 2.24. The Bertz CT molecular complexity index is 520. The molecule has 2 atom stereocenters. The molecule has 0 bridgehead atoms. The number of nitrogens with one attached hydrogen (secondary N) is 1. The fourth-order valence-corrected chi connectivity index (χ4v) is 2.25. The average Bonchev–Trinajstić information content (AvgIpc) is 2.84. The summed E-state index contributed by atoms with van der Waals surface area (Å²) in [6, 6.07) is 5.78. The summed E-state index contributed by atoms with van der Waals surface area (Å²) in [7, 11) is 0. The molecule has 2 heterocycles. The zero-order valence-electron chi connectivity index (χ0n) is 9.23.